The van der Waals surface area contributed by atoms with Gasteiger partial charge in [0.2, 0.25) is 0 Å². The monoisotopic (exact) mass is 341 g/mol. The van der Waals surface area contributed by atoms with Crippen molar-refractivity contribution in [1.82, 2.24) is 9.97 Å². The fourth-order valence-electron chi connectivity index (χ4n) is 2.71. The molecule has 6 nitrogen and oxygen atoms in total. The Morgan fingerprint density at radius 3 is 2.62 bits per heavy atom. The lowest BCUT2D eigenvalue weighted by Gasteiger charge is -2.25. The maximum Gasteiger partial charge on any atom is 0.337 e. The van der Waals surface area contributed by atoms with Gasteiger partial charge in [0, 0.05) is 18.7 Å². The number of carboxylic acids is 1. The Balaban J connectivity index is 1.85. The van der Waals surface area contributed by atoms with Gasteiger partial charge in [-0.3, -0.25) is 0 Å². The lowest BCUT2D eigenvalue weighted by molar-refractivity contribution is 0.0699. The summed E-state index contributed by atoms with van der Waals surface area (Å²) in [7, 11) is 0. The van der Waals surface area contributed by atoms with Crippen LogP contribution in [0.5, 0.6) is 0 Å². The molecule has 0 atom stereocenters. The van der Waals surface area contributed by atoms with Gasteiger partial charge < -0.3 is 14.7 Å². The van der Waals surface area contributed by atoms with Gasteiger partial charge in [0.1, 0.15) is 0 Å². The predicted molar refractivity (Wildman–Crippen MR) is 92.8 cm³/mol. The van der Waals surface area contributed by atoms with Crippen molar-refractivity contribution in [3.63, 3.8) is 0 Å². The van der Waals surface area contributed by atoms with E-state index in [1.165, 1.54) is 11.3 Å². The summed E-state index contributed by atoms with van der Waals surface area (Å²) in [5, 5.41) is 10.4. The van der Waals surface area contributed by atoms with Crippen LogP contribution in [0.4, 0.5) is 5.13 Å². The molecular weight excluding hydrogens is 326 g/mol. The summed E-state index contributed by atoms with van der Waals surface area (Å²) in [5.74, 6) is -0.961. The van der Waals surface area contributed by atoms with E-state index < -0.39 is 5.97 Å². The maximum atomic E-state index is 11.7. The quantitative estimate of drug-likeness (QED) is 0.789. The molecule has 122 valence electrons. The molecule has 0 radical (unpaired) electrons. The van der Waals surface area contributed by atoms with E-state index in [2.05, 4.69) is 14.9 Å². The van der Waals surface area contributed by atoms with Crippen molar-refractivity contribution >= 4 is 32.8 Å². The van der Waals surface area contributed by atoms with Gasteiger partial charge in [-0.15, -0.1) is 0 Å². The van der Waals surface area contributed by atoms with E-state index in [0.717, 1.165) is 23.8 Å². The zero-order valence-corrected chi connectivity index (χ0v) is 13.6. The minimum Gasteiger partial charge on any atom is -0.478 e. The number of carboxylic acid groups (broad SMARTS) is 1. The standard InChI is InChI=1S/C17H15N3O3S/c21-16(22)12-10-13(11-4-2-1-3-5-11)18-15-14(12)24-17(19-15)20-6-8-23-9-7-20/h1-5,10H,6-9H2,(H,21,22). The number of aromatic carboxylic acids is 1. The molecule has 1 aliphatic heterocycles. The molecule has 1 fully saturated rings. The van der Waals surface area contributed by atoms with Gasteiger partial charge in [-0.25, -0.2) is 9.78 Å². The molecule has 24 heavy (non-hydrogen) atoms. The van der Waals surface area contributed by atoms with Crippen LogP contribution in [-0.4, -0.2) is 47.3 Å². The van der Waals surface area contributed by atoms with Crippen molar-refractivity contribution in [2.75, 3.05) is 31.2 Å². The van der Waals surface area contributed by atoms with E-state index in [4.69, 9.17) is 4.74 Å². The van der Waals surface area contributed by atoms with Crippen molar-refractivity contribution in [2.24, 2.45) is 0 Å². The van der Waals surface area contributed by atoms with Crippen molar-refractivity contribution in [2.45, 2.75) is 0 Å². The van der Waals surface area contributed by atoms with Crippen LogP contribution in [0.2, 0.25) is 0 Å². The lowest BCUT2D eigenvalue weighted by atomic mass is 10.1. The highest BCUT2D eigenvalue weighted by molar-refractivity contribution is 7.22. The fraction of sp³-hybridized carbons (Fsp3) is 0.235. The molecule has 0 saturated carbocycles. The number of morpholine rings is 1. The number of pyridine rings is 1. The number of aromatic nitrogens is 2. The highest BCUT2D eigenvalue weighted by Gasteiger charge is 2.21. The number of benzene rings is 1. The molecule has 0 aliphatic carbocycles. The van der Waals surface area contributed by atoms with Crippen LogP contribution in [0.25, 0.3) is 21.6 Å². The third-order valence-corrected chi connectivity index (χ3v) is 5.07. The molecular formula is C17H15N3O3S. The molecule has 0 amide bonds. The summed E-state index contributed by atoms with van der Waals surface area (Å²) >= 11 is 1.38. The molecule has 0 spiro atoms. The number of hydrogen-bond donors (Lipinski definition) is 1. The van der Waals surface area contributed by atoms with Crippen LogP contribution < -0.4 is 4.90 Å². The molecule has 1 aliphatic rings. The van der Waals surface area contributed by atoms with Crippen LogP contribution in [-0.2, 0) is 4.74 Å². The van der Waals surface area contributed by atoms with Crippen molar-refractivity contribution < 1.29 is 14.6 Å². The van der Waals surface area contributed by atoms with Gasteiger partial charge in [0.25, 0.3) is 0 Å². The number of anilines is 1. The first-order valence-corrected chi connectivity index (χ1v) is 8.47. The Bertz CT molecular complexity index is 889. The van der Waals surface area contributed by atoms with E-state index in [1.807, 2.05) is 30.3 Å². The number of fused-ring (bicyclic) bond motifs is 1. The second-order valence-electron chi connectivity index (χ2n) is 5.47. The highest BCUT2D eigenvalue weighted by atomic mass is 32.1. The van der Waals surface area contributed by atoms with Gasteiger partial charge in [0.15, 0.2) is 10.8 Å². The van der Waals surface area contributed by atoms with Gasteiger partial charge in [-0.05, 0) is 6.07 Å². The van der Waals surface area contributed by atoms with E-state index in [-0.39, 0.29) is 5.56 Å². The molecule has 1 aromatic carbocycles. The average molecular weight is 341 g/mol. The van der Waals surface area contributed by atoms with Crippen LogP contribution >= 0.6 is 11.3 Å². The lowest BCUT2D eigenvalue weighted by Crippen LogP contribution is -2.36. The summed E-state index contributed by atoms with van der Waals surface area (Å²) in [4.78, 5) is 23.0. The number of carbonyl (C=O) groups is 1. The Labute approximate surface area is 142 Å². The molecule has 1 N–H and O–H groups in total. The Morgan fingerprint density at radius 2 is 1.92 bits per heavy atom. The fourth-order valence-corrected chi connectivity index (χ4v) is 3.77. The van der Waals surface area contributed by atoms with Crippen LogP contribution in [0.1, 0.15) is 10.4 Å². The first-order chi connectivity index (χ1) is 11.7. The normalized spacial score (nSPS) is 14.9. The van der Waals surface area contributed by atoms with Crippen LogP contribution in [0.3, 0.4) is 0 Å². The third-order valence-electron chi connectivity index (χ3n) is 3.93. The van der Waals surface area contributed by atoms with Crippen LogP contribution in [0, 0.1) is 0 Å². The van der Waals surface area contributed by atoms with Gasteiger partial charge in [-0.1, -0.05) is 41.7 Å². The zero-order chi connectivity index (χ0) is 16.5. The van der Waals surface area contributed by atoms with E-state index in [0.29, 0.717) is 29.3 Å². The maximum absolute atomic E-state index is 11.7. The minimum atomic E-state index is -0.961. The van der Waals surface area contributed by atoms with Gasteiger partial charge >= 0.3 is 5.97 Å². The zero-order valence-electron chi connectivity index (χ0n) is 12.8. The Morgan fingerprint density at radius 1 is 1.17 bits per heavy atom. The first-order valence-electron chi connectivity index (χ1n) is 7.65. The number of rotatable bonds is 3. The molecule has 0 unspecified atom stereocenters. The summed E-state index contributed by atoms with van der Waals surface area (Å²) in [6, 6.07) is 11.2. The van der Waals surface area contributed by atoms with Crippen molar-refractivity contribution in [3.05, 3.63) is 42.0 Å². The molecule has 3 aromatic rings. The molecule has 1 saturated heterocycles. The van der Waals surface area contributed by atoms with Crippen LogP contribution in [0.15, 0.2) is 36.4 Å². The summed E-state index contributed by atoms with van der Waals surface area (Å²) in [6.07, 6.45) is 0. The highest BCUT2D eigenvalue weighted by Crippen LogP contribution is 2.33. The number of nitrogens with zero attached hydrogens (tertiary/aromatic N) is 3. The Kier molecular flexibility index (Phi) is 3.87. The van der Waals surface area contributed by atoms with Crippen molar-refractivity contribution in [1.29, 1.82) is 0 Å². The van der Waals surface area contributed by atoms with E-state index in [9.17, 15) is 9.90 Å². The van der Waals surface area contributed by atoms with Gasteiger partial charge in [0.05, 0.1) is 29.2 Å². The van der Waals surface area contributed by atoms with E-state index in [1.54, 1.807) is 6.07 Å². The number of thiazole rings is 1. The minimum absolute atomic E-state index is 0.246. The molecule has 4 rings (SSSR count). The SMILES string of the molecule is O=C(O)c1cc(-c2ccccc2)nc2nc(N3CCOCC3)sc12. The smallest absolute Gasteiger partial charge is 0.337 e. The topological polar surface area (TPSA) is 75.5 Å². The Hall–Kier alpha value is -2.51. The van der Waals surface area contributed by atoms with Gasteiger partial charge in [-0.2, -0.15) is 4.98 Å². The molecule has 7 heteroatoms. The third kappa shape index (κ3) is 2.72. The molecule has 0 bridgehead atoms. The number of ether oxygens (including phenoxy) is 1. The van der Waals surface area contributed by atoms with Crippen molar-refractivity contribution in [3.8, 4) is 11.3 Å². The molecule has 2 aromatic heterocycles. The average Bonchev–Trinajstić information content (AvgIpc) is 3.06. The summed E-state index contributed by atoms with van der Waals surface area (Å²) < 4.78 is 5.97. The summed E-state index contributed by atoms with van der Waals surface area (Å²) in [6.45, 7) is 2.83. The number of hydrogen-bond acceptors (Lipinski definition) is 6. The second kappa shape index (κ2) is 6.18. The summed E-state index contributed by atoms with van der Waals surface area (Å²) in [5.41, 5.74) is 2.23. The first kappa shape index (κ1) is 15.0. The molecule has 3 heterocycles. The largest absolute Gasteiger partial charge is 0.478 e. The second-order valence-corrected chi connectivity index (χ2v) is 6.45. The predicted octanol–water partition coefficient (Wildman–Crippen LogP) is 2.89. The van der Waals surface area contributed by atoms with E-state index >= 15 is 0 Å².